The molecule has 4 nitrogen and oxygen atoms in total. The molecule has 2 aromatic rings. The molecule has 0 aliphatic rings. The first-order valence-electron chi connectivity index (χ1n) is 8.89. The van der Waals surface area contributed by atoms with Crippen LogP contribution < -0.4 is 19.5 Å². The quantitative estimate of drug-likeness (QED) is 0.634. The standard InChI is InChI=1S/C21H28ClNO3/c1-6-24-20-12-17(13-23-5)11-18(22)21(20)26-8-7-25-19-10-14(2)9-15(3)16(19)4/h9-12,23H,6-8,13H2,1-5H3. The van der Waals surface area contributed by atoms with Crippen molar-refractivity contribution in [3.05, 3.63) is 51.5 Å². The van der Waals surface area contributed by atoms with Crippen LogP contribution >= 0.6 is 11.6 Å². The van der Waals surface area contributed by atoms with Gasteiger partial charge in [-0.3, -0.25) is 0 Å². The molecular formula is C21H28ClNO3. The Morgan fingerprint density at radius 2 is 1.65 bits per heavy atom. The third kappa shape index (κ3) is 5.29. The van der Waals surface area contributed by atoms with Gasteiger partial charge in [0.1, 0.15) is 19.0 Å². The third-order valence-corrected chi connectivity index (χ3v) is 4.38. The number of nitrogens with one attached hydrogen (secondary N) is 1. The van der Waals surface area contributed by atoms with Crippen LogP contribution in [0.2, 0.25) is 5.02 Å². The van der Waals surface area contributed by atoms with Crippen LogP contribution in [0.1, 0.15) is 29.2 Å². The van der Waals surface area contributed by atoms with Gasteiger partial charge in [0, 0.05) is 6.54 Å². The van der Waals surface area contributed by atoms with Gasteiger partial charge in [-0.05, 0) is 75.2 Å². The summed E-state index contributed by atoms with van der Waals surface area (Å²) in [6, 6.07) is 8.05. The average molecular weight is 378 g/mol. The lowest BCUT2D eigenvalue weighted by molar-refractivity contribution is 0.207. The van der Waals surface area contributed by atoms with E-state index in [0.717, 1.165) is 23.4 Å². The van der Waals surface area contributed by atoms with E-state index in [2.05, 4.69) is 32.2 Å². The zero-order valence-electron chi connectivity index (χ0n) is 16.2. The van der Waals surface area contributed by atoms with Crippen LogP contribution in [0.15, 0.2) is 24.3 Å². The predicted molar refractivity (Wildman–Crippen MR) is 107 cm³/mol. The molecule has 2 rings (SSSR count). The van der Waals surface area contributed by atoms with Gasteiger partial charge in [-0.15, -0.1) is 0 Å². The van der Waals surface area contributed by atoms with Crippen molar-refractivity contribution < 1.29 is 14.2 Å². The topological polar surface area (TPSA) is 39.7 Å². The highest BCUT2D eigenvalue weighted by Gasteiger charge is 2.13. The Hall–Kier alpha value is -1.91. The summed E-state index contributed by atoms with van der Waals surface area (Å²) in [5, 5.41) is 3.65. The van der Waals surface area contributed by atoms with E-state index in [9.17, 15) is 0 Å². The molecule has 1 N–H and O–H groups in total. The van der Waals surface area contributed by atoms with Crippen molar-refractivity contribution in [3.63, 3.8) is 0 Å². The Labute approximate surface area is 161 Å². The number of halogens is 1. The molecule has 0 saturated carbocycles. The molecule has 0 saturated heterocycles. The van der Waals surface area contributed by atoms with Crippen LogP contribution in [0.4, 0.5) is 0 Å². The minimum atomic E-state index is 0.387. The summed E-state index contributed by atoms with van der Waals surface area (Å²) in [6.07, 6.45) is 0. The molecule has 0 aliphatic carbocycles. The molecule has 0 fully saturated rings. The van der Waals surface area contributed by atoms with Crippen molar-refractivity contribution in [3.8, 4) is 17.2 Å². The summed E-state index contributed by atoms with van der Waals surface area (Å²) in [6.45, 7) is 10.2. The van der Waals surface area contributed by atoms with E-state index < -0.39 is 0 Å². The molecule has 5 heteroatoms. The Morgan fingerprint density at radius 1 is 0.923 bits per heavy atom. The molecule has 142 valence electrons. The number of rotatable bonds is 9. The molecule has 0 heterocycles. The number of hydrogen-bond donors (Lipinski definition) is 1. The first-order chi connectivity index (χ1) is 12.5. The number of benzene rings is 2. The van der Waals surface area contributed by atoms with Crippen molar-refractivity contribution in [2.24, 2.45) is 0 Å². The highest BCUT2D eigenvalue weighted by molar-refractivity contribution is 6.32. The molecule has 0 amide bonds. The van der Waals surface area contributed by atoms with Gasteiger partial charge in [-0.2, -0.15) is 0 Å². The first-order valence-corrected chi connectivity index (χ1v) is 9.27. The van der Waals surface area contributed by atoms with Crippen molar-refractivity contribution in [1.82, 2.24) is 5.32 Å². The van der Waals surface area contributed by atoms with E-state index in [4.69, 9.17) is 25.8 Å². The van der Waals surface area contributed by atoms with Crippen LogP contribution in [0.3, 0.4) is 0 Å². The minimum absolute atomic E-state index is 0.387. The largest absolute Gasteiger partial charge is 0.490 e. The molecule has 0 bridgehead atoms. The average Bonchev–Trinajstić information content (AvgIpc) is 2.58. The minimum Gasteiger partial charge on any atom is -0.490 e. The lowest BCUT2D eigenvalue weighted by Gasteiger charge is -2.16. The van der Waals surface area contributed by atoms with Crippen LogP contribution in [-0.2, 0) is 6.54 Å². The smallest absolute Gasteiger partial charge is 0.179 e. The molecule has 0 aliphatic heterocycles. The van der Waals surface area contributed by atoms with Gasteiger partial charge in [0.05, 0.1) is 11.6 Å². The van der Waals surface area contributed by atoms with E-state index in [1.807, 2.05) is 32.2 Å². The summed E-state index contributed by atoms with van der Waals surface area (Å²) in [5.74, 6) is 2.12. The maximum Gasteiger partial charge on any atom is 0.179 e. The van der Waals surface area contributed by atoms with Gasteiger partial charge in [-0.1, -0.05) is 17.7 Å². The van der Waals surface area contributed by atoms with Crippen molar-refractivity contribution in [2.45, 2.75) is 34.2 Å². The van der Waals surface area contributed by atoms with Gasteiger partial charge in [0.25, 0.3) is 0 Å². The molecule has 0 radical (unpaired) electrons. The van der Waals surface area contributed by atoms with Gasteiger partial charge >= 0.3 is 0 Å². The normalized spacial score (nSPS) is 10.7. The first kappa shape index (κ1) is 20.4. The fourth-order valence-corrected chi connectivity index (χ4v) is 3.06. The lowest BCUT2D eigenvalue weighted by atomic mass is 10.1. The van der Waals surface area contributed by atoms with Crippen LogP contribution in [0, 0.1) is 20.8 Å². The van der Waals surface area contributed by atoms with Gasteiger partial charge in [0.15, 0.2) is 11.5 Å². The zero-order chi connectivity index (χ0) is 19.1. The molecule has 0 spiro atoms. The van der Waals surface area contributed by atoms with Gasteiger partial charge in [-0.25, -0.2) is 0 Å². The predicted octanol–water partition coefficient (Wildman–Crippen LogP) is 4.84. The number of hydrogen-bond acceptors (Lipinski definition) is 4. The fraction of sp³-hybridized carbons (Fsp3) is 0.429. The molecule has 26 heavy (non-hydrogen) atoms. The van der Waals surface area contributed by atoms with E-state index in [-0.39, 0.29) is 0 Å². The second kappa shape index (κ2) is 9.70. The van der Waals surface area contributed by atoms with E-state index >= 15 is 0 Å². The second-order valence-corrected chi connectivity index (χ2v) is 6.68. The van der Waals surface area contributed by atoms with Gasteiger partial charge < -0.3 is 19.5 Å². The summed E-state index contributed by atoms with van der Waals surface area (Å²) in [7, 11) is 1.89. The molecule has 0 unspecified atom stereocenters. The zero-order valence-corrected chi connectivity index (χ0v) is 17.0. The monoisotopic (exact) mass is 377 g/mol. The van der Waals surface area contributed by atoms with Crippen LogP contribution in [0.25, 0.3) is 0 Å². The number of aryl methyl sites for hydroxylation is 2. The third-order valence-electron chi connectivity index (χ3n) is 4.10. The maximum absolute atomic E-state index is 6.40. The highest BCUT2D eigenvalue weighted by Crippen LogP contribution is 2.36. The van der Waals surface area contributed by atoms with Crippen molar-refractivity contribution >= 4 is 11.6 Å². The second-order valence-electron chi connectivity index (χ2n) is 6.27. The van der Waals surface area contributed by atoms with E-state index in [0.29, 0.717) is 36.3 Å². The molecule has 0 aromatic heterocycles. The van der Waals surface area contributed by atoms with Crippen molar-refractivity contribution in [2.75, 3.05) is 26.9 Å². The van der Waals surface area contributed by atoms with Gasteiger partial charge in [0.2, 0.25) is 0 Å². The summed E-state index contributed by atoms with van der Waals surface area (Å²) < 4.78 is 17.5. The molecular weight excluding hydrogens is 350 g/mol. The van der Waals surface area contributed by atoms with Crippen LogP contribution in [0.5, 0.6) is 17.2 Å². The van der Waals surface area contributed by atoms with Crippen molar-refractivity contribution in [1.29, 1.82) is 0 Å². The Morgan fingerprint density at radius 3 is 2.35 bits per heavy atom. The number of ether oxygens (including phenoxy) is 3. The van der Waals surface area contributed by atoms with E-state index in [1.54, 1.807) is 0 Å². The van der Waals surface area contributed by atoms with E-state index in [1.165, 1.54) is 11.1 Å². The fourth-order valence-electron chi connectivity index (χ4n) is 2.78. The Kier molecular flexibility index (Phi) is 7.61. The molecule has 2 aromatic carbocycles. The SMILES string of the molecule is CCOc1cc(CNC)cc(Cl)c1OCCOc1cc(C)cc(C)c1C. The summed E-state index contributed by atoms with van der Waals surface area (Å²) in [5.41, 5.74) is 4.61. The van der Waals surface area contributed by atoms with Crippen LogP contribution in [-0.4, -0.2) is 26.9 Å². The molecule has 0 atom stereocenters. The Bertz CT molecular complexity index is 747. The summed E-state index contributed by atoms with van der Waals surface area (Å²) >= 11 is 6.40. The summed E-state index contributed by atoms with van der Waals surface area (Å²) in [4.78, 5) is 0. The Balaban J connectivity index is 2.03. The highest BCUT2D eigenvalue weighted by atomic mass is 35.5. The lowest BCUT2D eigenvalue weighted by Crippen LogP contribution is -2.12. The maximum atomic E-state index is 6.40.